The van der Waals surface area contributed by atoms with Crippen LogP contribution in [0.15, 0.2) is 0 Å². The lowest BCUT2D eigenvalue weighted by molar-refractivity contribution is -0.138. The fraction of sp³-hybridized carbons (Fsp3) is 0.688. The summed E-state index contributed by atoms with van der Waals surface area (Å²) in [5, 5.41) is 9.21. The minimum atomic E-state index is -0.861. The van der Waals surface area contributed by atoms with E-state index in [1.165, 1.54) is 0 Å². The molecule has 118 valence electrons. The molecule has 0 saturated heterocycles. The van der Waals surface area contributed by atoms with E-state index in [2.05, 4.69) is 23.8 Å². The van der Waals surface area contributed by atoms with E-state index < -0.39 is 17.5 Å². The molecule has 1 heterocycles. The first-order valence-electron chi connectivity index (χ1n) is 7.55. The highest BCUT2D eigenvalue weighted by molar-refractivity contribution is 5.76. The number of aromatic nitrogens is 2. The van der Waals surface area contributed by atoms with Crippen LogP contribution in [-0.2, 0) is 15.1 Å². The highest BCUT2D eigenvalue weighted by atomic mass is 16.5. The van der Waals surface area contributed by atoms with Crippen molar-refractivity contribution in [3.8, 4) is 0 Å². The third-order valence-electron chi connectivity index (χ3n) is 4.10. The molecule has 1 rings (SSSR count). The molecular weight excluding hydrogens is 268 g/mol. The second-order valence-corrected chi connectivity index (χ2v) is 5.33. The fourth-order valence-corrected chi connectivity index (χ4v) is 2.79. The van der Waals surface area contributed by atoms with Crippen molar-refractivity contribution >= 4 is 5.97 Å². The van der Waals surface area contributed by atoms with Gasteiger partial charge in [0.1, 0.15) is 5.60 Å². The van der Waals surface area contributed by atoms with Gasteiger partial charge in [-0.3, -0.25) is 4.79 Å². The van der Waals surface area contributed by atoms with Crippen molar-refractivity contribution in [1.29, 1.82) is 0 Å². The zero-order valence-electron chi connectivity index (χ0n) is 13.9. The van der Waals surface area contributed by atoms with Crippen molar-refractivity contribution in [2.24, 2.45) is 0 Å². The van der Waals surface area contributed by atoms with Crippen molar-refractivity contribution in [3.63, 3.8) is 0 Å². The van der Waals surface area contributed by atoms with Gasteiger partial charge in [0, 0.05) is 23.6 Å². The average Bonchev–Trinajstić information content (AvgIpc) is 2.43. The molecule has 21 heavy (non-hydrogen) atoms. The standard InChI is InChI=1S/C16H26N2O3/c1-7-16(8-2,21-9-3)15-17-11(5)13(12(6)18-15)10(4)14(19)20/h10H,7-9H2,1-6H3,(H,19,20). The van der Waals surface area contributed by atoms with Gasteiger partial charge >= 0.3 is 5.97 Å². The highest BCUT2D eigenvalue weighted by Gasteiger charge is 2.34. The summed E-state index contributed by atoms with van der Waals surface area (Å²) in [7, 11) is 0. The van der Waals surface area contributed by atoms with Crippen molar-refractivity contribution in [1.82, 2.24) is 9.97 Å². The zero-order chi connectivity index (χ0) is 16.2. The molecule has 0 aromatic carbocycles. The lowest BCUT2D eigenvalue weighted by Gasteiger charge is -2.31. The molecule has 0 radical (unpaired) electrons. The lowest BCUT2D eigenvalue weighted by atomic mass is 9.93. The molecular formula is C16H26N2O3. The minimum absolute atomic E-state index is 0.491. The number of hydrogen-bond donors (Lipinski definition) is 1. The first kappa shape index (κ1) is 17.6. The van der Waals surface area contributed by atoms with Gasteiger partial charge in [-0.1, -0.05) is 13.8 Å². The van der Waals surface area contributed by atoms with Crippen LogP contribution in [0.5, 0.6) is 0 Å². The molecule has 0 aliphatic carbocycles. The number of hydrogen-bond acceptors (Lipinski definition) is 4. The summed E-state index contributed by atoms with van der Waals surface area (Å²) in [5.74, 6) is -0.811. The number of carboxylic acids is 1. The largest absolute Gasteiger partial charge is 0.481 e. The maximum atomic E-state index is 11.2. The lowest BCUT2D eigenvalue weighted by Crippen LogP contribution is -2.32. The second-order valence-electron chi connectivity index (χ2n) is 5.33. The zero-order valence-corrected chi connectivity index (χ0v) is 13.9. The SMILES string of the molecule is CCOC(CC)(CC)c1nc(C)c(C(C)C(=O)O)c(C)n1. The smallest absolute Gasteiger partial charge is 0.310 e. The molecule has 0 bridgehead atoms. The first-order valence-corrected chi connectivity index (χ1v) is 7.55. The summed E-state index contributed by atoms with van der Waals surface area (Å²) in [5.41, 5.74) is 1.65. The normalized spacial score (nSPS) is 13.2. The molecule has 0 fully saturated rings. The van der Waals surface area contributed by atoms with Gasteiger partial charge in [0.25, 0.3) is 0 Å². The van der Waals surface area contributed by atoms with Crippen LogP contribution in [0.1, 0.15) is 69.2 Å². The van der Waals surface area contributed by atoms with Gasteiger partial charge in [-0.25, -0.2) is 9.97 Å². The molecule has 0 amide bonds. The molecule has 1 atom stereocenters. The van der Waals surface area contributed by atoms with Crippen LogP contribution in [0.3, 0.4) is 0 Å². The van der Waals surface area contributed by atoms with Crippen LogP contribution in [-0.4, -0.2) is 27.7 Å². The van der Waals surface area contributed by atoms with E-state index in [0.29, 0.717) is 18.0 Å². The van der Waals surface area contributed by atoms with Gasteiger partial charge in [0.15, 0.2) is 5.82 Å². The van der Waals surface area contributed by atoms with Gasteiger partial charge in [-0.2, -0.15) is 0 Å². The van der Waals surface area contributed by atoms with Crippen LogP contribution in [0.4, 0.5) is 0 Å². The van der Waals surface area contributed by atoms with E-state index >= 15 is 0 Å². The average molecular weight is 294 g/mol. The number of aliphatic carboxylic acids is 1. The van der Waals surface area contributed by atoms with Crippen LogP contribution in [0.2, 0.25) is 0 Å². The Kier molecular flexibility index (Phi) is 5.84. The molecule has 0 saturated carbocycles. The fourth-order valence-electron chi connectivity index (χ4n) is 2.79. The van der Waals surface area contributed by atoms with E-state index in [1.54, 1.807) is 6.92 Å². The van der Waals surface area contributed by atoms with E-state index in [-0.39, 0.29) is 0 Å². The molecule has 0 aliphatic heterocycles. The topological polar surface area (TPSA) is 72.3 Å². The summed E-state index contributed by atoms with van der Waals surface area (Å²) in [6, 6.07) is 0. The first-order chi connectivity index (χ1) is 9.82. The molecule has 1 aromatic rings. The predicted octanol–water partition coefficient (Wildman–Crippen LogP) is 3.33. The second kappa shape index (κ2) is 6.98. The Morgan fingerprint density at radius 2 is 1.67 bits per heavy atom. The van der Waals surface area contributed by atoms with Crippen LogP contribution >= 0.6 is 0 Å². The van der Waals surface area contributed by atoms with E-state index in [9.17, 15) is 9.90 Å². The Balaban J connectivity index is 3.39. The Hall–Kier alpha value is -1.49. The van der Waals surface area contributed by atoms with Crippen molar-refractivity contribution in [2.75, 3.05) is 6.61 Å². The maximum absolute atomic E-state index is 11.2. The quantitative estimate of drug-likeness (QED) is 0.835. The van der Waals surface area contributed by atoms with Crippen LogP contribution in [0.25, 0.3) is 0 Å². The number of ether oxygens (including phenoxy) is 1. The Morgan fingerprint density at radius 3 is 2.00 bits per heavy atom. The molecule has 0 spiro atoms. The van der Waals surface area contributed by atoms with Gasteiger partial charge < -0.3 is 9.84 Å². The summed E-state index contributed by atoms with van der Waals surface area (Å²) in [6.07, 6.45) is 1.56. The Bertz CT molecular complexity index is 487. The van der Waals surface area contributed by atoms with Crippen LogP contribution in [0, 0.1) is 13.8 Å². The van der Waals surface area contributed by atoms with Crippen LogP contribution < -0.4 is 0 Å². The van der Waals surface area contributed by atoms with Gasteiger partial charge in [-0.15, -0.1) is 0 Å². The molecule has 1 N–H and O–H groups in total. The summed E-state index contributed by atoms with van der Waals surface area (Å²) >= 11 is 0. The molecule has 1 unspecified atom stereocenters. The van der Waals surface area contributed by atoms with Gasteiger partial charge in [0.2, 0.25) is 0 Å². The van der Waals surface area contributed by atoms with Crippen molar-refractivity contribution in [3.05, 3.63) is 22.8 Å². The van der Waals surface area contributed by atoms with E-state index in [1.807, 2.05) is 20.8 Å². The summed E-state index contributed by atoms with van der Waals surface area (Å²) in [4.78, 5) is 20.4. The van der Waals surface area contributed by atoms with E-state index in [0.717, 1.165) is 24.2 Å². The van der Waals surface area contributed by atoms with Crippen molar-refractivity contribution in [2.45, 2.75) is 65.9 Å². The number of carbonyl (C=O) groups is 1. The summed E-state index contributed by atoms with van der Waals surface area (Å²) in [6.45, 7) is 12.0. The minimum Gasteiger partial charge on any atom is -0.481 e. The van der Waals surface area contributed by atoms with E-state index in [4.69, 9.17) is 4.74 Å². The summed E-state index contributed by atoms with van der Waals surface area (Å²) < 4.78 is 5.93. The molecule has 5 nitrogen and oxygen atoms in total. The monoisotopic (exact) mass is 294 g/mol. The van der Waals surface area contributed by atoms with Crippen molar-refractivity contribution < 1.29 is 14.6 Å². The number of nitrogens with zero attached hydrogens (tertiary/aromatic N) is 2. The number of rotatable bonds is 7. The third-order valence-corrected chi connectivity index (χ3v) is 4.10. The van der Waals surface area contributed by atoms with Gasteiger partial charge in [-0.05, 0) is 40.5 Å². The van der Waals surface area contributed by atoms with Gasteiger partial charge in [0.05, 0.1) is 5.92 Å². The Labute approximate surface area is 126 Å². The maximum Gasteiger partial charge on any atom is 0.310 e. The number of aryl methyl sites for hydroxylation is 2. The molecule has 0 aliphatic rings. The third kappa shape index (κ3) is 3.40. The highest BCUT2D eigenvalue weighted by Crippen LogP contribution is 2.32. The molecule has 5 heteroatoms. The molecule has 1 aromatic heterocycles. The number of carboxylic acid groups (broad SMARTS) is 1. The Morgan fingerprint density at radius 1 is 1.19 bits per heavy atom. The predicted molar refractivity (Wildman–Crippen MR) is 81.4 cm³/mol.